The third-order valence-corrected chi connectivity index (χ3v) is 4.49. The summed E-state index contributed by atoms with van der Waals surface area (Å²) in [5.74, 6) is 0.887. The van der Waals surface area contributed by atoms with Gasteiger partial charge in [-0.05, 0) is 30.5 Å². The number of hydrogen-bond acceptors (Lipinski definition) is 3. The highest BCUT2D eigenvalue weighted by Gasteiger charge is 2.51. The number of aliphatic hydroxyl groups is 1. The van der Waals surface area contributed by atoms with Crippen molar-refractivity contribution in [2.75, 3.05) is 13.7 Å². The van der Waals surface area contributed by atoms with E-state index in [2.05, 4.69) is 26.0 Å². The molecular formula is C16H24O3. The Kier molecular flexibility index (Phi) is 4.48. The van der Waals surface area contributed by atoms with Crippen LogP contribution in [0.5, 0.6) is 5.75 Å². The van der Waals surface area contributed by atoms with Crippen LogP contribution in [0.25, 0.3) is 0 Å². The first-order valence-corrected chi connectivity index (χ1v) is 7.02. The van der Waals surface area contributed by atoms with Gasteiger partial charge in [-0.25, -0.2) is 0 Å². The van der Waals surface area contributed by atoms with E-state index in [9.17, 15) is 5.11 Å². The third kappa shape index (κ3) is 2.93. The number of methoxy groups -OCH3 is 1. The predicted molar refractivity (Wildman–Crippen MR) is 75.5 cm³/mol. The molecular weight excluding hydrogens is 240 g/mol. The molecule has 1 fully saturated rings. The molecule has 1 saturated carbocycles. The molecule has 3 atom stereocenters. The molecule has 3 unspecified atom stereocenters. The maximum absolute atomic E-state index is 9.86. The van der Waals surface area contributed by atoms with Crippen molar-refractivity contribution in [2.45, 2.75) is 45.3 Å². The summed E-state index contributed by atoms with van der Waals surface area (Å²) in [6, 6.07) is 8.16. The smallest absolute Gasteiger partial charge is 0.119 e. The average Bonchev–Trinajstić information content (AvgIpc) is 2.45. The van der Waals surface area contributed by atoms with Gasteiger partial charge in [-0.3, -0.25) is 0 Å². The minimum absolute atomic E-state index is 0.102. The molecule has 1 N–H and O–H groups in total. The van der Waals surface area contributed by atoms with Crippen molar-refractivity contribution in [3.05, 3.63) is 29.8 Å². The Morgan fingerprint density at radius 1 is 1.32 bits per heavy atom. The van der Waals surface area contributed by atoms with Gasteiger partial charge in [0.05, 0.1) is 12.7 Å². The molecule has 0 aromatic heterocycles. The van der Waals surface area contributed by atoms with Crippen LogP contribution in [0.2, 0.25) is 0 Å². The van der Waals surface area contributed by atoms with Crippen molar-refractivity contribution in [2.24, 2.45) is 5.41 Å². The van der Waals surface area contributed by atoms with Crippen LogP contribution in [0.1, 0.15) is 32.3 Å². The van der Waals surface area contributed by atoms with E-state index in [-0.39, 0.29) is 17.6 Å². The third-order valence-electron chi connectivity index (χ3n) is 4.49. The Balaban J connectivity index is 1.93. The molecule has 0 heterocycles. The molecule has 0 saturated heterocycles. The Morgan fingerprint density at radius 3 is 2.53 bits per heavy atom. The van der Waals surface area contributed by atoms with Crippen molar-refractivity contribution in [3.63, 3.8) is 0 Å². The Hall–Kier alpha value is -1.06. The van der Waals surface area contributed by atoms with Gasteiger partial charge in [0.25, 0.3) is 0 Å². The molecule has 2 rings (SSSR count). The topological polar surface area (TPSA) is 38.7 Å². The predicted octanol–water partition coefficient (Wildman–Crippen LogP) is 2.80. The van der Waals surface area contributed by atoms with E-state index in [1.54, 1.807) is 7.11 Å². The molecule has 1 aromatic rings. The molecule has 0 radical (unpaired) electrons. The van der Waals surface area contributed by atoms with Gasteiger partial charge in [0.15, 0.2) is 0 Å². The maximum Gasteiger partial charge on any atom is 0.119 e. The molecule has 1 aromatic carbocycles. The summed E-state index contributed by atoms with van der Waals surface area (Å²) in [5, 5.41) is 9.86. The molecule has 3 heteroatoms. The summed E-state index contributed by atoms with van der Waals surface area (Å²) >= 11 is 0. The fourth-order valence-electron chi connectivity index (χ4n) is 2.56. The molecule has 1 aliphatic carbocycles. The van der Waals surface area contributed by atoms with Crippen molar-refractivity contribution >= 4 is 0 Å². The number of hydrogen-bond donors (Lipinski definition) is 1. The van der Waals surface area contributed by atoms with Gasteiger partial charge in [-0.1, -0.05) is 26.0 Å². The van der Waals surface area contributed by atoms with Crippen LogP contribution in [0.3, 0.4) is 0 Å². The molecule has 1 aliphatic rings. The van der Waals surface area contributed by atoms with Crippen LogP contribution in [0.15, 0.2) is 24.3 Å². The van der Waals surface area contributed by atoms with Gasteiger partial charge in [-0.15, -0.1) is 0 Å². The average molecular weight is 264 g/mol. The van der Waals surface area contributed by atoms with E-state index in [1.165, 1.54) is 5.56 Å². The number of ether oxygens (including phenoxy) is 2. The van der Waals surface area contributed by atoms with Gasteiger partial charge in [0.1, 0.15) is 11.9 Å². The summed E-state index contributed by atoms with van der Waals surface area (Å²) in [7, 11) is 1.71. The van der Waals surface area contributed by atoms with E-state index in [0.717, 1.165) is 31.6 Å². The van der Waals surface area contributed by atoms with Gasteiger partial charge in [0.2, 0.25) is 0 Å². The number of benzene rings is 1. The van der Waals surface area contributed by atoms with Crippen LogP contribution in [-0.4, -0.2) is 31.0 Å². The number of rotatable bonds is 6. The van der Waals surface area contributed by atoms with Gasteiger partial charge in [0, 0.05) is 18.9 Å². The minimum atomic E-state index is -0.233. The van der Waals surface area contributed by atoms with Gasteiger partial charge in [-0.2, -0.15) is 0 Å². The minimum Gasteiger partial charge on any atom is -0.490 e. The lowest BCUT2D eigenvalue weighted by atomic mass is 9.63. The Morgan fingerprint density at radius 2 is 2.00 bits per heavy atom. The zero-order valence-corrected chi connectivity index (χ0v) is 12.1. The second kappa shape index (κ2) is 5.93. The van der Waals surface area contributed by atoms with Crippen LogP contribution < -0.4 is 4.74 Å². The second-order valence-electron chi connectivity index (χ2n) is 5.60. The Labute approximate surface area is 115 Å². The first kappa shape index (κ1) is 14.4. The fourth-order valence-corrected chi connectivity index (χ4v) is 2.56. The summed E-state index contributed by atoms with van der Waals surface area (Å²) in [6.07, 6.45) is 2.48. The van der Waals surface area contributed by atoms with E-state index < -0.39 is 0 Å². The SMILES string of the molecule is CCC1(C)C(O)CC1Oc1ccc(CCOC)cc1. The summed E-state index contributed by atoms with van der Waals surface area (Å²) in [4.78, 5) is 0. The highest BCUT2D eigenvalue weighted by molar-refractivity contribution is 5.28. The summed E-state index contributed by atoms with van der Waals surface area (Å²) in [6.45, 7) is 4.94. The van der Waals surface area contributed by atoms with Gasteiger partial charge < -0.3 is 14.6 Å². The lowest BCUT2D eigenvalue weighted by Gasteiger charge is -2.50. The van der Waals surface area contributed by atoms with E-state index in [0.29, 0.717) is 0 Å². The normalized spacial score (nSPS) is 29.9. The van der Waals surface area contributed by atoms with Crippen molar-refractivity contribution < 1.29 is 14.6 Å². The lowest BCUT2D eigenvalue weighted by Crippen LogP contribution is -2.57. The molecule has 0 spiro atoms. The first-order valence-electron chi connectivity index (χ1n) is 7.02. The molecule has 3 nitrogen and oxygen atoms in total. The highest BCUT2D eigenvalue weighted by atomic mass is 16.5. The monoisotopic (exact) mass is 264 g/mol. The van der Waals surface area contributed by atoms with E-state index in [1.807, 2.05) is 12.1 Å². The van der Waals surface area contributed by atoms with E-state index in [4.69, 9.17) is 9.47 Å². The van der Waals surface area contributed by atoms with Crippen LogP contribution >= 0.6 is 0 Å². The zero-order chi connectivity index (χ0) is 13.9. The first-order chi connectivity index (χ1) is 9.10. The summed E-state index contributed by atoms with van der Waals surface area (Å²) < 4.78 is 11.1. The maximum atomic E-state index is 9.86. The van der Waals surface area contributed by atoms with Crippen molar-refractivity contribution in [3.8, 4) is 5.75 Å². The van der Waals surface area contributed by atoms with Crippen molar-refractivity contribution in [1.29, 1.82) is 0 Å². The molecule has 106 valence electrons. The standard InChI is InChI=1S/C16H24O3/c1-4-16(2)14(17)11-15(16)19-13-7-5-12(6-8-13)9-10-18-3/h5-8,14-15,17H,4,9-11H2,1-3H3. The lowest BCUT2D eigenvalue weighted by molar-refractivity contribution is -0.147. The molecule has 0 bridgehead atoms. The van der Waals surface area contributed by atoms with E-state index >= 15 is 0 Å². The second-order valence-corrected chi connectivity index (χ2v) is 5.60. The zero-order valence-electron chi connectivity index (χ0n) is 12.1. The van der Waals surface area contributed by atoms with Crippen molar-refractivity contribution in [1.82, 2.24) is 0 Å². The van der Waals surface area contributed by atoms with Crippen LogP contribution in [0.4, 0.5) is 0 Å². The Bertz CT molecular complexity index is 401. The van der Waals surface area contributed by atoms with Crippen LogP contribution in [0, 0.1) is 5.41 Å². The van der Waals surface area contributed by atoms with Gasteiger partial charge >= 0.3 is 0 Å². The van der Waals surface area contributed by atoms with Crippen LogP contribution in [-0.2, 0) is 11.2 Å². The highest BCUT2D eigenvalue weighted by Crippen LogP contribution is 2.45. The quantitative estimate of drug-likeness (QED) is 0.858. The molecule has 0 aliphatic heterocycles. The molecule has 19 heavy (non-hydrogen) atoms. The number of aliphatic hydroxyl groups excluding tert-OH is 1. The fraction of sp³-hybridized carbons (Fsp3) is 0.625. The molecule has 0 amide bonds. The summed E-state index contributed by atoms with van der Waals surface area (Å²) in [5.41, 5.74) is 1.15. The largest absolute Gasteiger partial charge is 0.490 e.